The van der Waals surface area contributed by atoms with E-state index in [0.29, 0.717) is 10.6 Å². The van der Waals surface area contributed by atoms with Crippen LogP contribution in [0.1, 0.15) is 11.1 Å². The van der Waals surface area contributed by atoms with E-state index in [2.05, 4.69) is 5.32 Å². The van der Waals surface area contributed by atoms with E-state index in [4.69, 9.17) is 11.6 Å². The molecular formula is C31H29ClN4O6S. The molecule has 2 amide bonds. The lowest BCUT2D eigenvalue weighted by molar-refractivity contribution is -0.384. The maximum Gasteiger partial charge on any atom is 0.271 e. The number of benzene rings is 4. The van der Waals surface area contributed by atoms with Crippen LogP contribution in [-0.2, 0) is 32.6 Å². The highest BCUT2D eigenvalue weighted by atomic mass is 35.5. The van der Waals surface area contributed by atoms with Crippen LogP contribution < -0.4 is 9.62 Å². The molecule has 0 aliphatic heterocycles. The number of carbonyl (C=O) groups is 2. The number of nitrogens with zero attached hydrogens (tertiary/aromatic N) is 3. The summed E-state index contributed by atoms with van der Waals surface area (Å²) >= 11 is 6.44. The monoisotopic (exact) mass is 620 g/mol. The Balaban J connectivity index is 1.82. The quantitative estimate of drug-likeness (QED) is 0.178. The number of amides is 2. The molecule has 0 saturated carbocycles. The van der Waals surface area contributed by atoms with Crippen LogP contribution in [0.25, 0.3) is 0 Å². The fraction of sp³-hybridized carbons (Fsp3) is 0.161. The van der Waals surface area contributed by atoms with E-state index < -0.39 is 39.3 Å². The zero-order chi connectivity index (χ0) is 31.0. The van der Waals surface area contributed by atoms with E-state index in [9.17, 15) is 28.1 Å². The van der Waals surface area contributed by atoms with Crippen LogP contribution in [0.5, 0.6) is 0 Å². The fourth-order valence-corrected chi connectivity index (χ4v) is 6.16. The lowest BCUT2D eigenvalue weighted by Crippen LogP contribution is -2.53. The van der Waals surface area contributed by atoms with Gasteiger partial charge in [0.25, 0.3) is 15.7 Å². The third-order valence-electron chi connectivity index (χ3n) is 6.75. The number of sulfonamides is 1. The standard InChI is InChI=1S/C31H29ClN4O6S/c1-33-31(38)29(19-23-11-4-2-5-12-23)34(21-24-13-8-9-18-28(24)32)30(37)22-35(25-14-10-15-26(20-25)36(39)40)43(41,42)27-16-6-3-7-17-27/h2-18,20,29H,19,21-22H2,1H3,(H,33,38)/t29-/m1/s1. The summed E-state index contributed by atoms with van der Waals surface area (Å²) in [6.07, 6.45) is 0.138. The van der Waals surface area contributed by atoms with Gasteiger partial charge in [0.1, 0.15) is 12.6 Å². The van der Waals surface area contributed by atoms with Gasteiger partial charge in [-0.2, -0.15) is 0 Å². The molecule has 10 nitrogen and oxygen atoms in total. The van der Waals surface area contributed by atoms with E-state index in [1.807, 2.05) is 30.3 Å². The van der Waals surface area contributed by atoms with E-state index in [-0.39, 0.29) is 29.2 Å². The van der Waals surface area contributed by atoms with Crippen molar-refractivity contribution in [3.63, 3.8) is 0 Å². The van der Waals surface area contributed by atoms with Gasteiger partial charge in [-0.3, -0.25) is 24.0 Å². The highest BCUT2D eigenvalue weighted by Gasteiger charge is 2.35. The van der Waals surface area contributed by atoms with Gasteiger partial charge in [0.2, 0.25) is 11.8 Å². The number of rotatable bonds is 12. The number of likely N-dealkylation sites (N-methyl/N-ethyl adjacent to an activating group) is 1. The van der Waals surface area contributed by atoms with Crippen molar-refractivity contribution in [2.75, 3.05) is 17.9 Å². The summed E-state index contributed by atoms with van der Waals surface area (Å²) in [5, 5.41) is 14.5. The molecule has 0 radical (unpaired) electrons. The Labute approximate surface area is 254 Å². The van der Waals surface area contributed by atoms with Crippen molar-refractivity contribution in [2.45, 2.75) is 23.9 Å². The summed E-state index contributed by atoms with van der Waals surface area (Å²) in [7, 11) is -2.93. The molecule has 0 aliphatic carbocycles. The average Bonchev–Trinajstić information content (AvgIpc) is 3.02. The van der Waals surface area contributed by atoms with Gasteiger partial charge in [0.05, 0.1) is 15.5 Å². The predicted octanol–water partition coefficient (Wildman–Crippen LogP) is 4.83. The molecule has 0 heterocycles. The minimum atomic E-state index is -4.38. The molecule has 1 N–H and O–H groups in total. The SMILES string of the molecule is CNC(=O)[C@@H](Cc1ccccc1)N(Cc1ccccc1Cl)C(=O)CN(c1cccc([N+](=O)[O-])c1)S(=O)(=O)c1ccccc1. The molecule has 12 heteroatoms. The second-order valence-electron chi connectivity index (χ2n) is 9.53. The number of nitro benzene ring substituents is 1. The lowest BCUT2D eigenvalue weighted by Gasteiger charge is -2.33. The number of halogens is 1. The molecule has 0 aliphatic rings. The first-order chi connectivity index (χ1) is 20.6. The Morgan fingerprint density at radius 1 is 0.907 bits per heavy atom. The maximum absolute atomic E-state index is 14.3. The summed E-state index contributed by atoms with van der Waals surface area (Å²) < 4.78 is 28.7. The van der Waals surface area contributed by atoms with Gasteiger partial charge < -0.3 is 10.2 Å². The van der Waals surface area contributed by atoms with Gasteiger partial charge in [0.15, 0.2) is 0 Å². The van der Waals surface area contributed by atoms with E-state index in [1.165, 1.54) is 54.4 Å². The summed E-state index contributed by atoms with van der Waals surface area (Å²) in [4.78, 5) is 39.6. The molecule has 4 rings (SSSR count). The predicted molar refractivity (Wildman–Crippen MR) is 164 cm³/mol. The van der Waals surface area contributed by atoms with Crippen molar-refractivity contribution >= 4 is 44.8 Å². The fourth-order valence-electron chi connectivity index (χ4n) is 4.54. The zero-order valence-electron chi connectivity index (χ0n) is 23.2. The van der Waals surface area contributed by atoms with E-state index in [0.717, 1.165) is 15.9 Å². The van der Waals surface area contributed by atoms with Crippen molar-refractivity contribution in [1.29, 1.82) is 0 Å². The average molecular weight is 621 g/mol. The highest BCUT2D eigenvalue weighted by Crippen LogP contribution is 2.28. The second-order valence-corrected chi connectivity index (χ2v) is 11.8. The zero-order valence-corrected chi connectivity index (χ0v) is 24.7. The third-order valence-corrected chi connectivity index (χ3v) is 8.91. The topological polar surface area (TPSA) is 130 Å². The maximum atomic E-state index is 14.3. The smallest absolute Gasteiger partial charge is 0.271 e. The third kappa shape index (κ3) is 7.56. The largest absolute Gasteiger partial charge is 0.357 e. The molecule has 0 fully saturated rings. The first-order valence-corrected chi connectivity index (χ1v) is 15.0. The van der Waals surface area contributed by atoms with Crippen LogP contribution in [0.3, 0.4) is 0 Å². The molecule has 43 heavy (non-hydrogen) atoms. The van der Waals surface area contributed by atoms with Crippen molar-refractivity contribution in [2.24, 2.45) is 0 Å². The minimum Gasteiger partial charge on any atom is -0.357 e. The molecule has 0 aromatic heterocycles. The molecule has 0 bridgehead atoms. The summed E-state index contributed by atoms with van der Waals surface area (Å²) in [5.74, 6) is -1.17. The van der Waals surface area contributed by atoms with Crippen molar-refractivity contribution < 1.29 is 22.9 Å². The van der Waals surface area contributed by atoms with Crippen molar-refractivity contribution in [3.8, 4) is 0 Å². The lowest BCUT2D eigenvalue weighted by atomic mass is 10.0. The first-order valence-electron chi connectivity index (χ1n) is 13.2. The number of non-ortho nitro benzene ring substituents is 1. The van der Waals surface area contributed by atoms with Gasteiger partial charge in [-0.25, -0.2) is 8.42 Å². The Bertz CT molecular complexity index is 1700. The number of carbonyl (C=O) groups excluding carboxylic acids is 2. The second kappa shape index (κ2) is 14.0. The molecule has 0 spiro atoms. The number of hydrogen-bond donors (Lipinski definition) is 1. The van der Waals surface area contributed by atoms with Gasteiger partial charge >= 0.3 is 0 Å². The molecule has 4 aromatic carbocycles. The molecule has 0 saturated heterocycles. The van der Waals surface area contributed by atoms with Gasteiger partial charge in [-0.05, 0) is 35.4 Å². The van der Waals surface area contributed by atoms with Gasteiger partial charge in [0, 0.05) is 37.2 Å². The summed E-state index contributed by atoms with van der Waals surface area (Å²) in [6, 6.07) is 27.4. The minimum absolute atomic E-state index is 0.0800. The molecule has 4 aromatic rings. The normalized spacial score (nSPS) is 11.8. The highest BCUT2D eigenvalue weighted by molar-refractivity contribution is 7.92. The van der Waals surface area contributed by atoms with Crippen LogP contribution in [-0.4, -0.2) is 49.7 Å². The number of hydrogen-bond acceptors (Lipinski definition) is 6. The number of anilines is 1. The van der Waals surface area contributed by atoms with Crippen LogP contribution in [0, 0.1) is 10.1 Å². The van der Waals surface area contributed by atoms with E-state index in [1.54, 1.807) is 30.3 Å². The Morgan fingerprint density at radius 3 is 2.16 bits per heavy atom. The Kier molecular flexibility index (Phi) is 10.1. The van der Waals surface area contributed by atoms with Crippen LogP contribution >= 0.6 is 11.6 Å². The van der Waals surface area contributed by atoms with Crippen LogP contribution in [0.4, 0.5) is 11.4 Å². The van der Waals surface area contributed by atoms with E-state index >= 15 is 0 Å². The summed E-state index contributed by atoms with van der Waals surface area (Å²) in [5.41, 5.74) is 0.898. The first kappa shape index (κ1) is 31.2. The van der Waals surface area contributed by atoms with Crippen molar-refractivity contribution in [1.82, 2.24) is 10.2 Å². The molecular weight excluding hydrogens is 592 g/mol. The number of nitrogens with one attached hydrogen (secondary N) is 1. The van der Waals surface area contributed by atoms with Gasteiger partial charge in [-0.1, -0.05) is 84.4 Å². The Hall–Kier alpha value is -4.74. The number of nitro groups is 1. The summed E-state index contributed by atoms with van der Waals surface area (Å²) in [6.45, 7) is -0.845. The van der Waals surface area contributed by atoms with Crippen LogP contribution in [0.2, 0.25) is 5.02 Å². The molecule has 1 atom stereocenters. The Morgan fingerprint density at radius 2 is 1.53 bits per heavy atom. The van der Waals surface area contributed by atoms with Crippen molar-refractivity contribution in [3.05, 3.63) is 135 Å². The van der Waals surface area contributed by atoms with Gasteiger partial charge in [-0.15, -0.1) is 0 Å². The molecule has 0 unspecified atom stereocenters. The van der Waals surface area contributed by atoms with Crippen LogP contribution in [0.15, 0.2) is 114 Å². The molecule has 222 valence electrons.